The van der Waals surface area contributed by atoms with Gasteiger partial charge in [-0.05, 0) is 4.90 Å². The van der Waals surface area contributed by atoms with Gasteiger partial charge in [-0.25, -0.2) is 0 Å². The molecule has 7 heavy (non-hydrogen) atoms. The summed E-state index contributed by atoms with van der Waals surface area (Å²) in [4.78, 5) is 0.176. The van der Waals surface area contributed by atoms with Crippen LogP contribution in [0.1, 0.15) is 5.69 Å². The molecule has 1 aromatic heterocycles. The maximum Gasteiger partial charge on any atom is 0.276 e. The Morgan fingerprint density at radius 2 is 2.71 bits per heavy atom. The van der Waals surface area contributed by atoms with Crippen molar-refractivity contribution in [2.45, 2.75) is 6.92 Å². The number of rotatable bonds is 0. The van der Waals surface area contributed by atoms with Gasteiger partial charge in [-0.3, -0.25) is 4.63 Å². The fourth-order valence-electron chi connectivity index (χ4n) is 0.271. The van der Waals surface area contributed by atoms with E-state index in [4.69, 9.17) is 0 Å². The van der Waals surface area contributed by atoms with Gasteiger partial charge >= 0.3 is 0 Å². The van der Waals surface area contributed by atoms with Gasteiger partial charge in [-0.1, -0.05) is 0 Å². The largest absolute Gasteiger partial charge is 0.359 e. The van der Waals surface area contributed by atoms with Crippen molar-refractivity contribution in [1.29, 1.82) is 0 Å². The van der Waals surface area contributed by atoms with Crippen molar-refractivity contribution in [3.05, 3.63) is 17.1 Å². The van der Waals surface area contributed by atoms with Gasteiger partial charge in [0.15, 0.2) is 0 Å². The third kappa shape index (κ3) is 0.677. The minimum absolute atomic E-state index is 0.176. The summed E-state index contributed by atoms with van der Waals surface area (Å²) in [6.07, 6.45) is 2.22. The average Bonchev–Trinajstić information content (AvgIpc) is 1.87. The minimum atomic E-state index is 0.176. The molecule has 4 nitrogen and oxygen atoms in total. The summed E-state index contributed by atoms with van der Waals surface area (Å²) in [6, 6.07) is 0. The molecule has 0 N–H and O–H groups in total. The van der Waals surface area contributed by atoms with Crippen LogP contribution < -0.4 is 4.90 Å². The van der Waals surface area contributed by atoms with Crippen LogP contribution in [0.25, 0.3) is 0 Å². The van der Waals surface area contributed by atoms with E-state index in [9.17, 15) is 5.21 Å². The van der Waals surface area contributed by atoms with E-state index in [1.807, 2.05) is 0 Å². The molecule has 0 aromatic carbocycles. The second-order valence-electron chi connectivity index (χ2n) is 1.13. The van der Waals surface area contributed by atoms with Gasteiger partial charge in [0.1, 0.15) is 0 Å². The molecule has 1 aromatic rings. The van der Waals surface area contributed by atoms with E-state index >= 15 is 0 Å². The topological polar surface area (TPSA) is 53.0 Å². The van der Waals surface area contributed by atoms with E-state index in [1.165, 1.54) is 0 Å². The predicted octanol–water partition coefficient (Wildman–Crippen LogP) is -0.583. The number of aromatic nitrogens is 2. The monoisotopic (exact) mass is 99.0 g/mol. The highest BCUT2D eigenvalue weighted by atomic mass is 16.8. The third-order valence-corrected chi connectivity index (χ3v) is 0.505. The van der Waals surface area contributed by atoms with Gasteiger partial charge in [0.2, 0.25) is 5.69 Å². The number of hydrogen-bond donors (Lipinski definition) is 0. The Morgan fingerprint density at radius 3 is 2.86 bits per heavy atom. The molecule has 37 valence electrons. The molecule has 1 heterocycles. The number of aryl methyl sites for hydroxylation is 1. The Bertz CT molecular complexity index is 143. The Morgan fingerprint density at radius 1 is 2.00 bits per heavy atom. The van der Waals surface area contributed by atoms with Gasteiger partial charge in [-0.2, -0.15) is 0 Å². The van der Waals surface area contributed by atoms with E-state index in [1.54, 1.807) is 6.92 Å². The molecule has 1 radical (unpaired) electrons. The molecular weight excluding hydrogens is 96.0 g/mol. The third-order valence-electron chi connectivity index (χ3n) is 0.505. The van der Waals surface area contributed by atoms with Crippen LogP contribution in [0.15, 0.2) is 4.63 Å². The molecule has 0 saturated carbocycles. The van der Waals surface area contributed by atoms with Gasteiger partial charge in [0.25, 0.3) is 6.20 Å². The first-order valence-corrected chi connectivity index (χ1v) is 1.74. The van der Waals surface area contributed by atoms with Crippen LogP contribution in [-0.4, -0.2) is 5.16 Å². The Kier molecular flexibility index (Phi) is 0.714. The summed E-state index contributed by atoms with van der Waals surface area (Å²) in [6.45, 7) is 1.62. The molecule has 0 unspecified atom stereocenters. The summed E-state index contributed by atoms with van der Waals surface area (Å²) in [5, 5.41) is 13.2. The van der Waals surface area contributed by atoms with Crippen LogP contribution in [0.4, 0.5) is 0 Å². The van der Waals surface area contributed by atoms with Crippen molar-refractivity contribution in [2.24, 2.45) is 0 Å². The summed E-state index contributed by atoms with van der Waals surface area (Å²) >= 11 is 0. The lowest BCUT2D eigenvalue weighted by molar-refractivity contribution is -0.805. The zero-order valence-electron chi connectivity index (χ0n) is 3.71. The Hall–Kier alpha value is -1.06. The molecule has 4 heteroatoms. The Balaban J connectivity index is 3.04. The molecule has 0 aliphatic heterocycles. The minimum Gasteiger partial charge on any atom is -0.359 e. The van der Waals surface area contributed by atoms with E-state index in [-0.39, 0.29) is 4.90 Å². The normalized spacial score (nSPS) is 9.29. The fourth-order valence-corrected chi connectivity index (χ4v) is 0.271. The van der Waals surface area contributed by atoms with Crippen LogP contribution >= 0.6 is 0 Å². The van der Waals surface area contributed by atoms with Gasteiger partial charge < -0.3 is 5.21 Å². The van der Waals surface area contributed by atoms with E-state index in [0.29, 0.717) is 5.69 Å². The van der Waals surface area contributed by atoms with Crippen molar-refractivity contribution in [3.63, 3.8) is 0 Å². The standard InChI is InChI=1S/C3H3N2O2/c1-3-2-5(6)7-4-3/h1H3. The molecule has 0 aliphatic rings. The second kappa shape index (κ2) is 1.22. The smallest absolute Gasteiger partial charge is 0.276 e. The second-order valence-corrected chi connectivity index (χ2v) is 1.13. The molecule has 0 atom stereocenters. The SMILES string of the molecule is Cc1[c][n+]([O-])on1. The average molecular weight is 99.1 g/mol. The molecule has 0 amide bonds. The Labute approximate surface area is 39.9 Å². The van der Waals surface area contributed by atoms with Gasteiger partial charge in [0.05, 0.1) is 0 Å². The summed E-state index contributed by atoms with van der Waals surface area (Å²) < 4.78 is 4.02. The number of nitrogens with zero attached hydrogens (tertiary/aromatic N) is 2. The van der Waals surface area contributed by atoms with Crippen LogP contribution in [-0.2, 0) is 0 Å². The van der Waals surface area contributed by atoms with Crippen molar-refractivity contribution in [2.75, 3.05) is 0 Å². The van der Waals surface area contributed by atoms with Crippen LogP contribution in [0.2, 0.25) is 0 Å². The van der Waals surface area contributed by atoms with Crippen LogP contribution in [0.5, 0.6) is 0 Å². The molecule has 0 aliphatic carbocycles. The van der Waals surface area contributed by atoms with Crippen molar-refractivity contribution < 1.29 is 9.53 Å². The van der Waals surface area contributed by atoms with Crippen LogP contribution in [0, 0.1) is 18.3 Å². The summed E-state index contributed by atoms with van der Waals surface area (Å²) in [5.74, 6) is 0. The van der Waals surface area contributed by atoms with Crippen molar-refractivity contribution in [1.82, 2.24) is 5.16 Å². The zero-order valence-corrected chi connectivity index (χ0v) is 3.71. The van der Waals surface area contributed by atoms with E-state index in [2.05, 4.69) is 16.0 Å². The molecule has 0 bridgehead atoms. The lowest BCUT2D eigenvalue weighted by Gasteiger charge is -1.72. The molecular formula is C3H3N2O2. The first kappa shape index (κ1) is 4.11. The molecule has 0 spiro atoms. The van der Waals surface area contributed by atoms with Gasteiger partial charge in [-0.15, -0.1) is 0 Å². The predicted molar refractivity (Wildman–Crippen MR) is 19.0 cm³/mol. The molecule has 1 rings (SSSR count). The number of hydrogen-bond acceptors (Lipinski definition) is 3. The summed E-state index contributed by atoms with van der Waals surface area (Å²) in [5.41, 5.74) is 0.468. The maximum absolute atomic E-state index is 9.92. The van der Waals surface area contributed by atoms with Crippen LogP contribution in [0.3, 0.4) is 0 Å². The first-order valence-electron chi connectivity index (χ1n) is 1.74. The lowest BCUT2D eigenvalue weighted by Crippen LogP contribution is -2.21. The zero-order chi connectivity index (χ0) is 5.28. The van der Waals surface area contributed by atoms with Crippen molar-refractivity contribution >= 4 is 0 Å². The molecule has 0 saturated heterocycles. The van der Waals surface area contributed by atoms with E-state index in [0.717, 1.165) is 0 Å². The fraction of sp³-hybridized carbons (Fsp3) is 0.333. The van der Waals surface area contributed by atoms with Crippen molar-refractivity contribution in [3.8, 4) is 0 Å². The highest BCUT2D eigenvalue weighted by Gasteiger charge is 1.95. The van der Waals surface area contributed by atoms with E-state index < -0.39 is 0 Å². The first-order chi connectivity index (χ1) is 3.29. The lowest BCUT2D eigenvalue weighted by atomic mass is 10.6. The van der Waals surface area contributed by atoms with Gasteiger partial charge in [0, 0.05) is 12.1 Å². The summed E-state index contributed by atoms with van der Waals surface area (Å²) in [7, 11) is 0. The quantitative estimate of drug-likeness (QED) is 0.409. The highest BCUT2D eigenvalue weighted by Crippen LogP contribution is 1.77. The molecule has 0 fully saturated rings. The maximum atomic E-state index is 9.92. The highest BCUT2D eigenvalue weighted by molar-refractivity contribution is 4.75.